The van der Waals surface area contributed by atoms with Gasteiger partial charge in [0.25, 0.3) is 0 Å². The molecule has 1 unspecified atom stereocenters. The number of hydrogen-bond acceptors (Lipinski definition) is 4. The maximum atomic E-state index is 5.70. The van der Waals surface area contributed by atoms with E-state index in [1.807, 2.05) is 0 Å². The van der Waals surface area contributed by atoms with Crippen LogP contribution in [0.1, 0.15) is 37.4 Å². The van der Waals surface area contributed by atoms with Gasteiger partial charge in [0.2, 0.25) is 0 Å². The van der Waals surface area contributed by atoms with Gasteiger partial charge in [-0.25, -0.2) is 4.98 Å². The van der Waals surface area contributed by atoms with Crippen molar-refractivity contribution in [2.45, 2.75) is 51.8 Å². The number of anilines is 1. The normalized spacial score (nSPS) is 23.7. The van der Waals surface area contributed by atoms with E-state index in [-0.39, 0.29) is 6.10 Å². The van der Waals surface area contributed by atoms with Crippen molar-refractivity contribution in [3.63, 3.8) is 0 Å². The molecule has 4 heteroatoms. The summed E-state index contributed by atoms with van der Waals surface area (Å²) >= 11 is 0. The Morgan fingerprint density at radius 2 is 2.25 bits per heavy atom. The van der Waals surface area contributed by atoms with Gasteiger partial charge in [0.1, 0.15) is 5.82 Å². The summed E-state index contributed by atoms with van der Waals surface area (Å²) in [5, 5.41) is 3.56. The topological polar surface area (TPSA) is 37.4 Å². The highest BCUT2D eigenvalue weighted by atomic mass is 16.5. The Bertz CT molecular complexity index is 459. The Morgan fingerprint density at radius 1 is 1.40 bits per heavy atom. The van der Waals surface area contributed by atoms with Crippen molar-refractivity contribution in [2.75, 3.05) is 24.6 Å². The molecular formula is C16H25N3O. The van der Waals surface area contributed by atoms with Crippen LogP contribution in [0.3, 0.4) is 0 Å². The molecule has 1 N–H and O–H groups in total. The van der Waals surface area contributed by atoms with Crippen LogP contribution < -0.4 is 10.2 Å². The molecule has 0 amide bonds. The lowest BCUT2D eigenvalue weighted by Crippen LogP contribution is -2.31. The zero-order chi connectivity index (χ0) is 13.9. The van der Waals surface area contributed by atoms with Gasteiger partial charge in [-0.3, -0.25) is 0 Å². The molecule has 2 aliphatic rings. The van der Waals surface area contributed by atoms with Gasteiger partial charge in [-0.05, 0) is 44.7 Å². The van der Waals surface area contributed by atoms with Crippen molar-refractivity contribution in [1.29, 1.82) is 0 Å². The molecule has 1 aromatic rings. The number of hydrogen-bond donors (Lipinski definition) is 1. The molecule has 1 aromatic heterocycles. The minimum absolute atomic E-state index is 0.288. The summed E-state index contributed by atoms with van der Waals surface area (Å²) in [7, 11) is 0. The Morgan fingerprint density at radius 3 is 3.00 bits per heavy atom. The van der Waals surface area contributed by atoms with E-state index in [0.717, 1.165) is 50.2 Å². The fraction of sp³-hybridized carbons (Fsp3) is 0.688. The molecule has 110 valence electrons. The molecule has 4 nitrogen and oxygen atoms in total. The van der Waals surface area contributed by atoms with Crippen molar-refractivity contribution in [2.24, 2.45) is 0 Å². The molecule has 2 heterocycles. The highest BCUT2D eigenvalue weighted by Crippen LogP contribution is 2.21. The van der Waals surface area contributed by atoms with Crippen LogP contribution in [0.2, 0.25) is 0 Å². The predicted molar refractivity (Wildman–Crippen MR) is 81.1 cm³/mol. The van der Waals surface area contributed by atoms with E-state index < -0.39 is 0 Å². The van der Waals surface area contributed by atoms with Gasteiger partial charge in [0, 0.05) is 38.0 Å². The first-order chi connectivity index (χ1) is 9.72. The predicted octanol–water partition coefficient (Wildman–Crippen LogP) is 2.26. The number of ether oxygens (including phenoxy) is 1. The van der Waals surface area contributed by atoms with E-state index in [4.69, 9.17) is 9.72 Å². The van der Waals surface area contributed by atoms with Crippen LogP contribution in [-0.4, -0.2) is 36.8 Å². The molecule has 3 rings (SSSR count). The summed E-state index contributed by atoms with van der Waals surface area (Å²) in [5.74, 6) is 1.09. The quantitative estimate of drug-likeness (QED) is 0.914. The van der Waals surface area contributed by atoms with Gasteiger partial charge in [-0.2, -0.15) is 0 Å². The SMILES string of the molecule is Cc1nc(N2CCCOC(C)C2)ccc1CNC1CC1. The van der Waals surface area contributed by atoms with E-state index in [0.29, 0.717) is 0 Å². The van der Waals surface area contributed by atoms with Crippen molar-refractivity contribution < 1.29 is 4.74 Å². The second kappa shape index (κ2) is 6.10. The Labute approximate surface area is 121 Å². The van der Waals surface area contributed by atoms with Crippen LogP contribution in [0.25, 0.3) is 0 Å². The summed E-state index contributed by atoms with van der Waals surface area (Å²) in [6.07, 6.45) is 4.03. The number of rotatable bonds is 4. The minimum Gasteiger partial charge on any atom is -0.377 e. The smallest absolute Gasteiger partial charge is 0.128 e. The Kier molecular flexibility index (Phi) is 4.22. The molecular weight excluding hydrogens is 250 g/mol. The molecule has 0 bridgehead atoms. The van der Waals surface area contributed by atoms with Gasteiger partial charge < -0.3 is 15.0 Å². The lowest BCUT2D eigenvalue weighted by molar-refractivity contribution is 0.0820. The standard InChI is InChI=1S/C16H25N3O/c1-12-11-19(8-3-9-20-12)16-7-4-14(13(2)18-16)10-17-15-5-6-15/h4,7,12,15,17H,3,5-6,8-11H2,1-2H3. The van der Waals surface area contributed by atoms with Gasteiger partial charge in [0.15, 0.2) is 0 Å². The zero-order valence-electron chi connectivity index (χ0n) is 12.6. The van der Waals surface area contributed by atoms with Gasteiger partial charge in [-0.15, -0.1) is 0 Å². The molecule has 20 heavy (non-hydrogen) atoms. The first-order valence-electron chi connectivity index (χ1n) is 7.79. The van der Waals surface area contributed by atoms with Crippen molar-refractivity contribution >= 4 is 5.82 Å². The monoisotopic (exact) mass is 275 g/mol. The van der Waals surface area contributed by atoms with E-state index in [2.05, 4.69) is 36.2 Å². The molecule has 0 aromatic carbocycles. The number of nitrogens with one attached hydrogen (secondary N) is 1. The first kappa shape index (κ1) is 13.8. The second-order valence-corrected chi connectivity index (χ2v) is 6.05. The molecule has 2 fully saturated rings. The van der Waals surface area contributed by atoms with Crippen LogP contribution in [0, 0.1) is 6.92 Å². The zero-order valence-corrected chi connectivity index (χ0v) is 12.6. The average Bonchev–Trinajstić information content (AvgIpc) is 3.25. The first-order valence-corrected chi connectivity index (χ1v) is 7.79. The number of aromatic nitrogens is 1. The fourth-order valence-corrected chi connectivity index (χ4v) is 2.68. The third-order valence-corrected chi connectivity index (χ3v) is 4.12. The highest BCUT2D eigenvalue weighted by Gasteiger charge is 2.21. The molecule has 0 radical (unpaired) electrons. The fourth-order valence-electron chi connectivity index (χ4n) is 2.68. The Hall–Kier alpha value is -1.13. The second-order valence-electron chi connectivity index (χ2n) is 6.05. The number of pyridine rings is 1. The number of nitrogens with zero attached hydrogens (tertiary/aromatic N) is 2. The summed E-state index contributed by atoms with van der Waals surface area (Å²) in [6, 6.07) is 5.14. The van der Waals surface area contributed by atoms with E-state index >= 15 is 0 Å². The molecule has 0 spiro atoms. The van der Waals surface area contributed by atoms with Crippen LogP contribution in [0.4, 0.5) is 5.82 Å². The Balaban J connectivity index is 1.67. The minimum atomic E-state index is 0.288. The molecule has 1 atom stereocenters. The lowest BCUT2D eigenvalue weighted by Gasteiger charge is -2.24. The van der Waals surface area contributed by atoms with Crippen LogP contribution in [0.5, 0.6) is 0 Å². The third kappa shape index (κ3) is 3.49. The average molecular weight is 275 g/mol. The molecule has 1 aliphatic heterocycles. The lowest BCUT2D eigenvalue weighted by atomic mass is 10.2. The van der Waals surface area contributed by atoms with Crippen LogP contribution >= 0.6 is 0 Å². The maximum absolute atomic E-state index is 5.70. The maximum Gasteiger partial charge on any atom is 0.128 e. The van der Waals surface area contributed by atoms with E-state index in [1.54, 1.807) is 0 Å². The number of aryl methyl sites for hydroxylation is 1. The third-order valence-electron chi connectivity index (χ3n) is 4.12. The summed E-state index contributed by atoms with van der Waals surface area (Å²) in [4.78, 5) is 7.15. The van der Waals surface area contributed by atoms with Gasteiger partial charge >= 0.3 is 0 Å². The van der Waals surface area contributed by atoms with Crippen LogP contribution in [0.15, 0.2) is 12.1 Å². The van der Waals surface area contributed by atoms with Crippen molar-refractivity contribution in [3.05, 3.63) is 23.4 Å². The van der Waals surface area contributed by atoms with Crippen molar-refractivity contribution in [1.82, 2.24) is 10.3 Å². The van der Waals surface area contributed by atoms with Crippen molar-refractivity contribution in [3.8, 4) is 0 Å². The molecule has 1 saturated heterocycles. The molecule has 1 aliphatic carbocycles. The van der Waals surface area contributed by atoms with E-state index in [9.17, 15) is 0 Å². The molecule has 1 saturated carbocycles. The van der Waals surface area contributed by atoms with Crippen LogP contribution in [-0.2, 0) is 11.3 Å². The van der Waals surface area contributed by atoms with E-state index in [1.165, 1.54) is 18.4 Å². The summed E-state index contributed by atoms with van der Waals surface area (Å²) < 4.78 is 5.70. The van der Waals surface area contributed by atoms with Gasteiger partial charge in [0.05, 0.1) is 6.10 Å². The summed E-state index contributed by atoms with van der Waals surface area (Å²) in [5.41, 5.74) is 2.47. The highest BCUT2D eigenvalue weighted by molar-refractivity contribution is 5.42. The largest absolute Gasteiger partial charge is 0.377 e. The van der Waals surface area contributed by atoms with Gasteiger partial charge in [-0.1, -0.05) is 6.07 Å². The summed E-state index contributed by atoms with van der Waals surface area (Å²) in [6.45, 7) is 8.04.